The van der Waals surface area contributed by atoms with Crippen molar-refractivity contribution in [1.82, 2.24) is 0 Å². The largest absolute Gasteiger partial charge is 0.386 e. The number of hydrogen-bond donors (Lipinski definition) is 1. The van der Waals surface area contributed by atoms with Crippen LogP contribution in [0.4, 0.5) is 0 Å². The van der Waals surface area contributed by atoms with Gasteiger partial charge in [0.05, 0.1) is 12.7 Å². The lowest BCUT2D eigenvalue weighted by atomic mass is 10.00. The first-order chi connectivity index (χ1) is 7.68. The number of aliphatic hydroxyl groups excluding tert-OH is 1. The summed E-state index contributed by atoms with van der Waals surface area (Å²) >= 11 is 1.85. The number of aryl methyl sites for hydroxylation is 2. The highest BCUT2D eigenvalue weighted by Crippen LogP contribution is 2.26. The number of hydrogen-bond acceptors (Lipinski definition) is 3. The van der Waals surface area contributed by atoms with Crippen LogP contribution < -0.4 is 0 Å². The molecule has 0 amide bonds. The number of ether oxygens (including phenoxy) is 1. The molecule has 2 nitrogen and oxygen atoms in total. The van der Waals surface area contributed by atoms with Gasteiger partial charge in [-0.3, -0.25) is 0 Å². The lowest BCUT2D eigenvalue weighted by Gasteiger charge is -2.27. The maximum atomic E-state index is 10.2. The summed E-state index contributed by atoms with van der Waals surface area (Å²) in [5.41, 5.74) is 3.45. The second-order valence-electron chi connectivity index (χ2n) is 4.27. The van der Waals surface area contributed by atoms with Crippen LogP contribution in [0.1, 0.15) is 22.8 Å². The van der Waals surface area contributed by atoms with Crippen LogP contribution in [0.2, 0.25) is 0 Å². The van der Waals surface area contributed by atoms with E-state index in [4.69, 9.17) is 4.74 Å². The Morgan fingerprint density at radius 3 is 2.81 bits per heavy atom. The molecule has 1 aromatic carbocycles. The van der Waals surface area contributed by atoms with E-state index in [1.54, 1.807) is 0 Å². The van der Waals surface area contributed by atoms with E-state index < -0.39 is 6.10 Å². The fourth-order valence-electron chi connectivity index (χ4n) is 1.85. The zero-order valence-electron chi connectivity index (χ0n) is 9.77. The van der Waals surface area contributed by atoms with E-state index >= 15 is 0 Å². The van der Waals surface area contributed by atoms with Crippen molar-refractivity contribution in [1.29, 1.82) is 0 Å². The molecular formula is C13H18O2S. The number of aliphatic hydroxyl groups is 1. The molecule has 2 unspecified atom stereocenters. The summed E-state index contributed by atoms with van der Waals surface area (Å²) in [7, 11) is 0. The quantitative estimate of drug-likeness (QED) is 0.858. The van der Waals surface area contributed by atoms with Crippen LogP contribution in [-0.2, 0) is 4.74 Å². The molecule has 1 N–H and O–H groups in total. The Morgan fingerprint density at radius 2 is 2.19 bits per heavy atom. The predicted octanol–water partition coefficient (Wildman–Crippen LogP) is 2.47. The summed E-state index contributed by atoms with van der Waals surface area (Å²) in [6.45, 7) is 4.90. The van der Waals surface area contributed by atoms with Crippen molar-refractivity contribution in [2.45, 2.75) is 26.1 Å². The zero-order valence-corrected chi connectivity index (χ0v) is 10.6. The Morgan fingerprint density at radius 1 is 1.38 bits per heavy atom. The summed E-state index contributed by atoms with van der Waals surface area (Å²) in [4.78, 5) is 0. The van der Waals surface area contributed by atoms with E-state index in [2.05, 4.69) is 26.0 Å². The van der Waals surface area contributed by atoms with Crippen LogP contribution in [0.15, 0.2) is 18.2 Å². The van der Waals surface area contributed by atoms with Crippen LogP contribution >= 0.6 is 11.8 Å². The molecule has 0 spiro atoms. The summed E-state index contributed by atoms with van der Waals surface area (Å²) in [5.74, 6) is 1.92. The van der Waals surface area contributed by atoms with Gasteiger partial charge in [-0.1, -0.05) is 18.2 Å². The van der Waals surface area contributed by atoms with E-state index in [9.17, 15) is 5.11 Å². The minimum atomic E-state index is -0.493. The van der Waals surface area contributed by atoms with Gasteiger partial charge in [-0.15, -0.1) is 0 Å². The highest BCUT2D eigenvalue weighted by molar-refractivity contribution is 7.99. The van der Waals surface area contributed by atoms with Crippen LogP contribution in [0.5, 0.6) is 0 Å². The minimum Gasteiger partial charge on any atom is -0.386 e. The van der Waals surface area contributed by atoms with Crippen molar-refractivity contribution in [2.75, 3.05) is 18.1 Å². The second-order valence-corrected chi connectivity index (χ2v) is 5.42. The summed E-state index contributed by atoms with van der Waals surface area (Å²) in [5, 5.41) is 10.2. The number of benzene rings is 1. The second kappa shape index (κ2) is 5.21. The van der Waals surface area contributed by atoms with Gasteiger partial charge < -0.3 is 9.84 Å². The van der Waals surface area contributed by atoms with E-state index in [-0.39, 0.29) is 6.10 Å². The van der Waals surface area contributed by atoms with Gasteiger partial charge in [0.25, 0.3) is 0 Å². The molecular weight excluding hydrogens is 220 g/mol. The molecule has 1 saturated heterocycles. The van der Waals surface area contributed by atoms with Gasteiger partial charge in [-0.05, 0) is 30.5 Å². The molecule has 16 heavy (non-hydrogen) atoms. The Kier molecular flexibility index (Phi) is 3.90. The molecule has 1 heterocycles. The van der Waals surface area contributed by atoms with Crippen molar-refractivity contribution in [2.24, 2.45) is 0 Å². The fourth-order valence-corrected chi connectivity index (χ4v) is 2.74. The smallest absolute Gasteiger partial charge is 0.106 e. The molecule has 0 bridgehead atoms. The van der Waals surface area contributed by atoms with Crippen molar-refractivity contribution in [3.05, 3.63) is 34.9 Å². The lowest BCUT2D eigenvalue weighted by molar-refractivity contribution is -0.0227. The molecule has 1 aliphatic rings. The Bertz CT molecular complexity index is 359. The summed E-state index contributed by atoms with van der Waals surface area (Å²) in [6, 6.07) is 6.11. The zero-order chi connectivity index (χ0) is 11.5. The first-order valence-electron chi connectivity index (χ1n) is 5.63. The highest BCUT2D eigenvalue weighted by atomic mass is 32.2. The highest BCUT2D eigenvalue weighted by Gasteiger charge is 2.24. The molecule has 2 atom stereocenters. The average Bonchev–Trinajstić information content (AvgIpc) is 2.33. The van der Waals surface area contributed by atoms with Gasteiger partial charge in [-0.2, -0.15) is 11.8 Å². The van der Waals surface area contributed by atoms with Crippen LogP contribution in [0.25, 0.3) is 0 Å². The maximum Gasteiger partial charge on any atom is 0.106 e. The third kappa shape index (κ3) is 2.59. The minimum absolute atomic E-state index is 0.0548. The Hall–Kier alpha value is -0.510. The summed E-state index contributed by atoms with van der Waals surface area (Å²) in [6.07, 6.45) is -0.548. The van der Waals surface area contributed by atoms with Crippen LogP contribution in [0.3, 0.4) is 0 Å². The topological polar surface area (TPSA) is 29.5 Å². The van der Waals surface area contributed by atoms with Crippen molar-refractivity contribution >= 4 is 11.8 Å². The van der Waals surface area contributed by atoms with Crippen LogP contribution in [-0.4, -0.2) is 29.3 Å². The SMILES string of the molecule is Cc1ccc(C(O)C2CSCCO2)cc1C. The van der Waals surface area contributed by atoms with Crippen molar-refractivity contribution in [3.8, 4) is 0 Å². The van der Waals surface area contributed by atoms with Gasteiger partial charge in [0.15, 0.2) is 0 Å². The lowest BCUT2D eigenvalue weighted by Crippen LogP contribution is -2.29. The third-order valence-corrected chi connectivity index (χ3v) is 4.09. The first-order valence-corrected chi connectivity index (χ1v) is 6.78. The van der Waals surface area contributed by atoms with E-state index in [0.717, 1.165) is 23.7 Å². The molecule has 88 valence electrons. The molecule has 1 fully saturated rings. The van der Waals surface area contributed by atoms with Crippen LogP contribution in [0, 0.1) is 13.8 Å². The van der Waals surface area contributed by atoms with Gasteiger partial charge >= 0.3 is 0 Å². The van der Waals surface area contributed by atoms with E-state index in [1.165, 1.54) is 11.1 Å². The molecule has 0 saturated carbocycles. The van der Waals surface area contributed by atoms with E-state index in [1.807, 2.05) is 17.8 Å². The monoisotopic (exact) mass is 238 g/mol. The first kappa shape index (κ1) is 12.0. The fraction of sp³-hybridized carbons (Fsp3) is 0.538. The number of thioether (sulfide) groups is 1. The summed E-state index contributed by atoms with van der Waals surface area (Å²) < 4.78 is 5.59. The molecule has 2 rings (SSSR count). The molecule has 0 aliphatic carbocycles. The number of rotatable bonds is 2. The van der Waals surface area contributed by atoms with Gasteiger partial charge in [0.2, 0.25) is 0 Å². The third-order valence-electron chi connectivity index (χ3n) is 3.07. The van der Waals surface area contributed by atoms with E-state index in [0.29, 0.717) is 0 Å². The van der Waals surface area contributed by atoms with Gasteiger partial charge in [-0.25, -0.2) is 0 Å². The standard InChI is InChI=1S/C13H18O2S/c1-9-3-4-11(7-10(9)2)13(14)12-8-16-6-5-15-12/h3-4,7,12-14H,5-6,8H2,1-2H3. The van der Waals surface area contributed by atoms with Crippen molar-refractivity contribution in [3.63, 3.8) is 0 Å². The Labute approximate surface area is 101 Å². The molecule has 0 radical (unpaired) electrons. The van der Waals surface area contributed by atoms with Gasteiger partial charge in [0.1, 0.15) is 6.10 Å². The molecule has 1 aliphatic heterocycles. The maximum absolute atomic E-state index is 10.2. The van der Waals surface area contributed by atoms with Crippen molar-refractivity contribution < 1.29 is 9.84 Å². The average molecular weight is 238 g/mol. The molecule has 0 aromatic heterocycles. The molecule has 3 heteroatoms. The normalized spacial score (nSPS) is 23.1. The van der Waals surface area contributed by atoms with Gasteiger partial charge in [0, 0.05) is 11.5 Å². The Balaban J connectivity index is 2.12. The predicted molar refractivity (Wildman–Crippen MR) is 67.9 cm³/mol. The molecule has 1 aromatic rings.